The molecule has 0 aliphatic carbocycles. The quantitative estimate of drug-likeness (QED) is 0.686. The first-order valence-electron chi connectivity index (χ1n) is 10.3. The van der Waals surface area contributed by atoms with Crippen molar-refractivity contribution in [2.24, 2.45) is 0 Å². The standard InChI is InChI=1S/C23H24N4O2/c28-23(26-12-6-7-13-26)20-14-18-10-4-5-11-19(18)15-27(20)16-21-24-22(29-25-21)17-8-2-1-3-9-17/h1-5,8-11,20H,6-7,12-16H2/t20-/m0/s1. The summed E-state index contributed by atoms with van der Waals surface area (Å²) in [4.78, 5) is 22.0. The largest absolute Gasteiger partial charge is 0.341 e. The summed E-state index contributed by atoms with van der Waals surface area (Å²) in [5.74, 6) is 1.35. The van der Waals surface area contributed by atoms with Gasteiger partial charge in [0, 0.05) is 25.2 Å². The number of amides is 1. The van der Waals surface area contributed by atoms with Crippen LogP contribution in [0.5, 0.6) is 0 Å². The van der Waals surface area contributed by atoms with Crippen LogP contribution in [0.15, 0.2) is 59.1 Å². The van der Waals surface area contributed by atoms with Crippen LogP contribution in [0.1, 0.15) is 29.8 Å². The van der Waals surface area contributed by atoms with Crippen molar-refractivity contribution in [1.82, 2.24) is 19.9 Å². The van der Waals surface area contributed by atoms with Crippen LogP contribution in [0.3, 0.4) is 0 Å². The third kappa shape index (κ3) is 3.68. The van der Waals surface area contributed by atoms with Crippen molar-refractivity contribution in [3.8, 4) is 11.5 Å². The third-order valence-corrected chi connectivity index (χ3v) is 5.88. The molecule has 1 saturated heterocycles. The van der Waals surface area contributed by atoms with E-state index in [-0.39, 0.29) is 11.9 Å². The van der Waals surface area contributed by atoms with E-state index < -0.39 is 0 Å². The molecule has 148 valence electrons. The van der Waals surface area contributed by atoms with E-state index in [1.54, 1.807) is 0 Å². The Kier molecular flexibility index (Phi) is 4.86. The molecule has 0 bridgehead atoms. The number of nitrogens with zero attached hydrogens (tertiary/aromatic N) is 4. The number of benzene rings is 2. The summed E-state index contributed by atoms with van der Waals surface area (Å²) >= 11 is 0. The van der Waals surface area contributed by atoms with E-state index in [9.17, 15) is 4.79 Å². The number of hydrogen-bond acceptors (Lipinski definition) is 5. The first-order valence-corrected chi connectivity index (χ1v) is 10.3. The predicted molar refractivity (Wildman–Crippen MR) is 109 cm³/mol. The summed E-state index contributed by atoms with van der Waals surface area (Å²) < 4.78 is 5.47. The smallest absolute Gasteiger partial charge is 0.257 e. The Hall–Kier alpha value is -2.99. The first-order chi connectivity index (χ1) is 14.3. The average molecular weight is 388 g/mol. The van der Waals surface area contributed by atoms with E-state index in [2.05, 4.69) is 39.3 Å². The fraction of sp³-hybridized carbons (Fsp3) is 0.348. The van der Waals surface area contributed by atoms with E-state index in [4.69, 9.17) is 4.52 Å². The molecule has 1 aromatic heterocycles. The second kappa shape index (κ2) is 7.79. The molecule has 0 unspecified atom stereocenters. The van der Waals surface area contributed by atoms with Gasteiger partial charge < -0.3 is 9.42 Å². The molecular weight excluding hydrogens is 364 g/mol. The minimum Gasteiger partial charge on any atom is -0.341 e. The van der Waals surface area contributed by atoms with Crippen molar-refractivity contribution in [2.75, 3.05) is 13.1 Å². The van der Waals surface area contributed by atoms with Gasteiger partial charge >= 0.3 is 0 Å². The number of rotatable bonds is 4. The van der Waals surface area contributed by atoms with E-state index in [1.165, 1.54) is 11.1 Å². The van der Waals surface area contributed by atoms with E-state index in [0.29, 0.717) is 18.3 Å². The van der Waals surface area contributed by atoms with Crippen LogP contribution in [0.2, 0.25) is 0 Å². The van der Waals surface area contributed by atoms with Gasteiger partial charge in [0.15, 0.2) is 5.82 Å². The summed E-state index contributed by atoms with van der Waals surface area (Å²) in [5, 5.41) is 4.18. The molecule has 0 saturated carbocycles. The van der Waals surface area contributed by atoms with E-state index in [0.717, 1.165) is 44.5 Å². The zero-order valence-corrected chi connectivity index (χ0v) is 16.3. The Labute approximate surface area is 170 Å². The van der Waals surface area contributed by atoms with E-state index in [1.807, 2.05) is 35.2 Å². The van der Waals surface area contributed by atoms with Crippen LogP contribution < -0.4 is 0 Å². The zero-order chi connectivity index (χ0) is 19.6. The maximum atomic E-state index is 13.3. The van der Waals surface area contributed by atoms with Crippen LogP contribution in [0.25, 0.3) is 11.5 Å². The molecule has 6 nitrogen and oxygen atoms in total. The van der Waals surface area contributed by atoms with Gasteiger partial charge in [0.05, 0.1) is 12.6 Å². The van der Waals surface area contributed by atoms with Crippen molar-refractivity contribution in [3.63, 3.8) is 0 Å². The van der Waals surface area contributed by atoms with Crippen molar-refractivity contribution in [3.05, 3.63) is 71.5 Å². The Balaban J connectivity index is 1.40. The Bertz CT molecular complexity index is 995. The van der Waals surface area contributed by atoms with Gasteiger partial charge in [0.2, 0.25) is 5.91 Å². The van der Waals surface area contributed by atoms with Gasteiger partial charge in [-0.3, -0.25) is 9.69 Å². The molecule has 1 amide bonds. The number of carbonyl (C=O) groups excluding carboxylic acids is 1. The molecule has 0 spiro atoms. The minimum atomic E-state index is -0.179. The van der Waals surface area contributed by atoms with Gasteiger partial charge in [0.25, 0.3) is 5.89 Å². The van der Waals surface area contributed by atoms with Gasteiger partial charge in [-0.1, -0.05) is 47.6 Å². The molecule has 3 heterocycles. The maximum absolute atomic E-state index is 13.3. The van der Waals surface area contributed by atoms with Crippen LogP contribution >= 0.6 is 0 Å². The topological polar surface area (TPSA) is 62.5 Å². The van der Waals surface area contributed by atoms with Gasteiger partial charge in [-0.25, -0.2) is 0 Å². The van der Waals surface area contributed by atoms with Gasteiger partial charge in [-0.05, 0) is 42.5 Å². The summed E-state index contributed by atoms with van der Waals surface area (Å²) in [7, 11) is 0. The van der Waals surface area contributed by atoms with Gasteiger partial charge in [0.1, 0.15) is 0 Å². The summed E-state index contributed by atoms with van der Waals surface area (Å²) in [5.41, 5.74) is 3.43. The molecular formula is C23H24N4O2. The highest BCUT2D eigenvalue weighted by atomic mass is 16.5. The molecule has 1 fully saturated rings. The molecule has 0 radical (unpaired) electrons. The summed E-state index contributed by atoms with van der Waals surface area (Å²) in [6, 6.07) is 18.0. The fourth-order valence-corrected chi connectivity index (χ4v) is 4.33. The predicted octanol–water partition coefficient (Wildman–Crippen LogP) is 3.29. The molecule has 0 N–H and O–H groups in total. The number of carbonyl (C=O) groups is 1. The molecule has 29 heavy (non-hydrogen) atoms. The monoisotopic (exact) mass is 388 g/mol. The molecule has 2 aromatic carbocycles. The van der Waals surface area contributed by atoms with Crippen molar-refractivity contribution < 1.29 is 9.32 Å². The average Bonchev–Trinajstić information content (AvgIpc) is 3.46. The second-order valence-electron chi connectivity index (χ2n) is 7.81. The number of hydrogen-bond donors (Lipinski definition) is 0. The van der Waals surface area contributed by atoms with Gasteiger partial charge in [-0.2, -0.15) is 4.98 Å². The number of aromatic nitrogens is 2. The normalized spacial score (nSPS) is 19.3. The lowest BCUT2D eigenvalue weighted by Gasteiger charge is -2.37. The maximum Gasteiger partial charge on any atom is 0.257 e. The lowest BCUT2D eigenvalue weighted by Crippen LogP contribution is -2.50. The molecule has 5 rings (SSSR count). The molecule has 6 heteroatoms. The minimum absolute atomic E-state index is 0.179. The summed E-state index contributed by atoms with van der Waals surface area (Å²) in [6.45, 7) is 2.95. The Morgan fingerprint density at radius 1 is 1.00 bits per heavy atom. The lowest BCUT2D eigenvalue weighted by atomic mass is 9.93. The Morgan fingerprint density at radius 3 is 2.52 bits per heavy atom. The van der Waals surface area contributed by atoms with Gasteiger partial charge in [-0.15, -0.1) is 0 Å². The number of fused-ring (bicyclic) bond motifs is 1. The van der Waals surface area contributed by atoms with E-state index >= 15 is 0 Å². The third-order valence-electron chi connectivity index (χ3n) is 5.88. The second-order valence-corrected chi connectivity index (χ2v) is 7.81. The molecule has 2 aliphatic rings. The van der Waals surface area contributed by atoms with Crippen molar-refractivity contribution >= 4 is 5.91 Å². The van der Waals surface area contributed by atoms with Crippen LogP contribution in [-0.2, 0) is 24.3 Å². The molecule has 2 aliphatic heterocycles. The van der Waals surface area contributed by atoms with Crippen LogP contribution in [-0.4, -0.2) is 45.0 Å². The molecule has 3 aromatic rings. The first kappa shape index (κ1) is 18.1. The highest BCUT2D eigenvalue weighted by Crippen LogP contribution is 2.27. The van der Waals surface area contributed by atoms with Crippen molar-refractivity contribution in [1.29, 1.82) is 0 Å². The number of likely N-dealkylation sites (tertiary alicyclic amines) is 1. The molecule has 1 atom stereocenters. The zero-order valence-electron chi connectivity index (χ0n) is 16.3. The van der Waals surface area contributed by atoms with Crippen molar-refractivity contribution in [2.45, 2.75) is 38.4 Å². The van der Waals surface area contributed by atoms with Crippen LogP contribution in [0, 0.1) is 0 Å². The highest BCUT2D eigenvalue weighted by Gasteiger charge is 2.35. The lowest BCUT2D eigenvalue weighted by molar-refractivity contribution is -0.136. The Morgan fingerprint density at radius 2 is 1.72 bits per heavy atom. The summed E-state index contributed by atoms with van der Waals surface area (Å²) in [6.07, 6.45) is 2.93. The SMILES string of the molecule is O=C([C@@H]1Cc2ccccc2CN1Cc1noc(-c2ccccc2)n1)N1CCCC1. The highest BCUT2D eigenvalue weighted by molar-refractivity contribution is 5.82. The van der Waals surface area contributed by atoms with Crippen LogP contribution in [0.4, 0.5) is 0 Å². The fourth-order valence-electron chi connectivity index (χ4n) is 4.33.